The molecule has 1 aliphatic heterocycles. The normalized spacial score (nSPS) is 21.2. The fourth-order valence-corrected chi connectivity index (χ4v) is 2.62. The van der Waals surface area contributed by atoms with Crippen LogP contribution in [0.25, 0.3) is 0 Å². The number of hydrogen-bond donors (Lipinski definition) is 2. The number of halogens is 1. The number of nitrogens with one attached hydrogen (secondary N) is 2. The minimum Gasteiger partial charge on any atom is -0.324 e. The molecule has 0 bridgehead atoms. The molecule has 0 saturated heterocycles. The number of anilines is 1. The molecular formula is C11H13ClN2OS. The van der Waals surface area contributed by atoms with Crippen molar-refractivity contribution in [2.24, 2.45) is 0 Å². The minimum absolute atomic E-state index is 0.0329. The molecule has 1 heterocycles. The molecule has 0 aromatic heterocycles. The minimum atomic E-state index is -0.230. The van der Waals surface area contributed by atoms with Crippen LogP contribution in [-0.2, 0) is 4.79 Å². The van der Waals surface area contributed by atoms with Gasteiger partial charge in [0.1, 0.15) is 5.50 Å². The molecule has 2 N–H and O–H groups in total. The van der Waals surface area contributed by atoms with E-state index >= 15 is 0 Å². The second-order valence-electron chi connectivity index (χ2n) is 3.66. The van der Waals surface area contributed by atoms with Gasteiger partial charge in [-0.25, -0.2) is 0 Å². The molecule has 1 aromatic rings. The lowest BCUT2D eigenvalue weighted by molar-refractivity contribution is -0.115. The molecule has 0 saturated carbocycles. The Morgan fingerprint density at radius 1 is 1.56 bits per heavy atom. The van der Waals surface area contributed by atoms with E-state index in [9.17, 15) is 4.79 Å². The lowest BCUT2D eigenvalue weighted by atomic mass is 10.2. The second-order valence-corrected chi connectivity index (χ2v) is 5.48. The summed E-state index contributed by atoms with van der Waals surface area (Å²) in [6.07, 6.45) is 0. The van der Waals surface area contributed by atoms with E-state index in [4.69, 9.17) is 11.6 Å². The van der Waals surface area contributed by atoms with Crippen LogP contribution in [0.2, 0.25) is 0 Å². The first-order valence-electron chi connectivity index (χ1n) is 5.04. The van der Waals surface area contributed by atoms with Crippen molar-refractivity contribution in [3.63, 3.8) is 0 Å². The Balaban J connectivity index is 2.32. The van der Waals surface area contributed by atoms with Gasteiger partial charge in [-0.05, 0) is 31.7 Å². The third-order valence-electron chi connectivity index (χ3n) is 2.48. The lowest BCUT2D eigenvalue weighted by Gasteiger charge is -2.22. The predicted octanol–water partition coefficient (Wildman–Crippen LogP) is 2.58. The highest BCUT2D eigenvalue weighted by Crippen LogP contribution is 2.37. The van der Waals surface area contributed by atoms with Crippen molar-refractivity contribution in [1.29, 1.82) is 0 Å². The molecule has 5 heteroatoms. The number of amides is 1. The molecule has 3 nitrogen and oxygen atoms in total. The number of fused-ring (bicyclic) bond motifs is 1. The third-order valence-corrected chi connectivity index (χ3v) is 4.13. The van der Waals surface area contributed by atoms with Crippen LogP contribution >= 0.6 is 23.4 Å². The van der Waals surface area contributed by atoms with Crippen LogP contribution in [0.3, 0.4) is 0 Å². The van der Waals surface area contributed by atoms with Gasteiger partial charge < -0.3 is 10.6 Å². The maximum atomic E-state index is 11.5. The first kappa shape index (κ1) is 11.8. The summed E-state index contributed by atoms with van der Waals surface area (Å²) in [7, 11) is 1.80. The Labute approximate surface area is 104 Å². The quantitative estimate of drug-likeness (QED) is 0.631. The topological polar surface area (TPSA) is 41.1 Å². The summed E-state index contributed by atoms with van der Waals surface area (Å²) in [4.78, 5) is 12.6. The van der Waals surface area contributed by atoms with Gasteiger partial charge in [0, 0.05) is 4.90 Å². The summed E-state index contributed by atoms with van der Waals surface area (Å²) in [5, 5.41) is 5.80. The lowest BCUT2D eigenvalue weighted by Crippen LogP contribution is -2.26. The molecule has 0 spiro atoms. The van der Waals surface area contributed by atoms with Crippen LogP contribution in [0.1, 0.15) is 18.0 Å². The number of rotatable bonds is 2. The van der Waals surface area contributed by atoms with Crippen LogP contribution in [0.5, 0.6) is 0 Å². The average Bonchev–Trinajstić information content (AvgIpc) is 2.29. The van der Waals surface area contributed by atoms with E-state index in [0.29, 0.717) is 0 Å². The zero-order valence-electron chi connectivity index (χ0n) is 9.08. The van der Waals surface area contributed by atoms with Gasteiger partial charge in [-0.15, -0.1) is 23.4 Å². The number of carbonyl (C=O) groups is 1. The first-order chi connectivity index (χ1) is 7.61. The Bertz CT molecular complexity index is 424. The molecular weight excluding hydrogens is 244 g/mol. The molecule has 0 radical (unpaired) electrons. The molecule has 2 rings (SSSR count). The fraction of sp³-hybridized carbons (Fsp3) is 0.364. The molecule has 1 aliphatic rings. The summed E-state index contributed by atoms with van der Waals surface area (Å²) in [6, 6.07) is 5.89. The van der Waals surface area contributed by atoms with Gasteiger partial charge >= 0.3 is 0 Å². The highest BCUT2D eigenvalue weighted by molar-refractivity contribution is 8.00. The SMILES string of the molecule is CNC(Cl)c1ccc2c(c1)NC(=O)C(C)S2. The van der Waals surface area contributed by atoms with E-state index in [-0.39, 0.29) is 16.7 Å². The fourth-order valence-electron chi connectivity index (χ4n) is 1.55. The van der Waals surface area contributed by atoms with Gasteiger partial charge in [-0.1, -0.05) is 6.07 Å². The van der Waals surface area contributed by atoms with Gasteiger partial charge in [0.15, 0.2) is 0 Å². The molecule has 1 aromatic carbocycles. The van der Waals surface area contributed by atoms with Crippen molar-refractivity contribution in [2.75, 3.05) is 12.4 Å². The number of benzene rings is 1. The van der Waals surface area contributed by atoms with Crippen LogP contribution in [0.4, 0.5) is 5.69 Å². The van der Waals surface area contributed by atoms with Crippen molar-refractivity contribution in [3.8, 4) is 0 Å². The third kappa shape index (κ3) is 2.19. The Morgan fingerprint density at radius 2 is 2.31 bits per heavy atom. The summed E-state index contributed by atoms with van der Waals surface area (Å²) in [5.41, 5.74) is 1.58. The molecule has 2 unspecified atom stereocenters. The highest BCUT2D eigenvalue weighted by atomic mass is 35.5. The van der Waals surface area contributed by atoms with Gasteiger partial charge in [0.25, 0.3) is 0 Å². The van der Waals surface area contributed by atoms with E-state index in [1.165, 1.54) is 0 Å². The highest BCUT2D eigenvalue weighted by Gasteiger charge is 2.23. The Hall–Kier alpha value is -0.710. The number of thioether (sulfide) groups is 1. The van der Waals surface area contributed by atoms with Crippen molar-refractivity contribution < 1.29 is 4.79 Å². The Kier molecular flexibility index (Phi) is 3.42. The van der Waals surface area contributed by atoms with Crippen LogP contribution in [0, 0.1) is 0 Å². The number of carbonyl (C=O) groups excluding carboxylic acids is 1. The van der Waals surface area contributed by atoms with Gasteiger partial charge in [-0.3, -0.25) is 4.79 Å². The van der Waals surface area contributed by atoms with E-state index < -0.39 is 0 Å². The summed E-state index contributed by atoms with van der Waals surface area (Å²) >= 11 is 7.64. The molecule has 16 heavy (non-hydrogen) atoms. The van der Waals surface area contributed by atoms with Crippen molar-refractivity contribution in [1.82, 2.24) is 5.32 Å². The predicted molar refractivity (Wildman–Crippen MR) is 68.0 cm³/mol. The summed E-state index contributed by atoms with van der Waals surface area (Å²) in [5.74, 6) is 0.0465. The average molecular weight is 257 g/mol. The van der Waals surface area contributed by atoms with E-state index in [2.05, 4.69) is 10.6 Å². The van der Waals surface area contributed by atoms with Crippen molar-refractivity contribution in [2.45, 2.75) is 22.6 Å². The zero-order chi connectivity index (χ0) is 11.7. The standard InChI is InChI=1S/C11H13ClN2OS/c1-6-11(15)14-8-5-7(10(12)13-2)3-4-9(8)16-6/h3-6,10,13H,1-2H3,(H,14,15). The number of alkyl halides is 1. The summed E-state index contributed by atoms with van der Waals surface area (Å²) in [6.45, 7) is 1.90. The van der Waals surface area contributed by atoms with Crippen LogP contribution < -0.4 is 10.6 Å². The molecule has 1 amide bonds. The van der Waals surface area contributed by atoms with Gasteiger partial charge in [-0.2, -0.15) is 0 Å². The van der Waals surface area contributed by atoms with Crippen molar-refractivity contribution in [3.05, 3.63) is 23.8 Å². The van der Waals surface area contributed by atoms with E-state index in [0.717, 1.165) is 16.1 Å². The molecule has 2 atom stereocenters. The first-order valence-corrected chi connectivity index (χ1v) is 6.36. The smallest absolute Gasteiger partial charge is 0.237 e. The number of hydrogen-bond acceptors (Lipinski definition) is 3. The molecule has 0 fully saturated rings. The van der Waals surface area contributed by atoms with Crippen LogP contribution in [0.15, 0.2) is 23.1 Å². The van der Waals surface area contributed by atoms with E-state index in [1.54, 1.807) is 18.8 Å². The van der Waals surface area contributed by atoms with E-state index in [1.807, 2.05) is 25.1 Å². The summed E-state index contributed by atoms with van der Waals surface area (Å²) < 4.78 is 0. The zero-order valence-corrected chi connectivity index (χ0v) is 10.7. The largest absolute Gasteiger partial charge is 0.324 e. The Morgan fingerprint density at radius 3 is 3.00 bits per heavy atom. The van der Waals surface area contributed by atoms with Crippen LogP contribution in [-0.4, -0.2) is 18.2 Å². The monoisotopic (exact) mass is 256 g/mol. The van der Waals surface area contributed by atoms with Gasteiger partial charge in [0.2, 0.25) is 5.91 Å². The molecule has 0 aliphatic carbocycles. The van der Waals surface area contributed by atoms with Gasteiger partial charge in [0.05, 0.1) is 10.9 Å². The maximum absolute atomic E-state index is 11.5. The second kappa shape index (κ2) is 4.65. The molecule has 86 valence electrons. The maximum Gasteiger partial charge on any atom is 0.237 e. The van der Waals surface area contributed by atoms with Crippen molar-refractivity contribution >= 4 is 35.0 Å².